The molecule has 116 valence electrons. The summed E-state index contributed by atoms with van der Waals surface area (Å²) >= 11 is 1.89. The molecule has 2 rings (SSSR count). The highest BCUT2D eigenvalue weighted by molar-refractivity contribution is 7.99. The first-order chi connectivity index (χ1) is 9.78. The number of para-hydroxylation sites is 1. The van der Waals surface area contributed by atoms with Crippen LogP contribution in [0.25, 0.3) is 10.9 Å². The lowest BCUT2D eigenvalue weighted by Crippen LogP contribution is -2.25. The summed E-state index contributed by atoms with van der Waals surface area (Å²) < 4.78 is 0. The smallest absolute Gasteiger partial charge is 0.0999 e. The minimum absolute atomic E-state index is 0. The summed E-state index contributed by atoms with van der Waals surface area (Å²) in [5.41, 5.74) is 2.48. The van der Waals surface area contributed by atoms with E-state index in [1.54, 1.807) is 0 Å². The van der Waals surface area contributed by atoms with Crippen LogP contribution >= 0.6 is 24.2 Å². The molecular weight excluding hydrogens is 300 g/mol. The predicted molar refractivity (Wildman–Crippen MR) is 96.9 cm³/mol. The summed E-state index contributed by atoms with van der Waals surface area (Å²) in [6.45, 7) is 10.0. The summed E-state index contributed by atoms with van der Waals surface area (Å²) in [5.74, 6) is 1.11. The van der Waals surface area contributed by atoms with Crippen molar-refractivity contribution in [2.45, 2.75) is 32.2 Å². The van der Waals surface area contributed by atoms with E-state index >= 15 is 0 Å². The molecule has 1 aromatic carbocycles. The zero-order chi connectivity index (χ0) is 14.4. The first-order valence-electron chi connectivity index (χ1n) is 7.52. The molecule has 0 bridgehead atoms. The van der Waals surface area contributed by atoms with Gasteiger partial charge in [-0.3, -0.25) is 0 Å². The SMILES string of the molecule is CCc1cc2ccccc2nc1SCCN(CC)CC.Cl. The van der Waals surface area contributed by atoms with Crippen molar-refractivity contribution >= 4 is 35.1 Å². The van der Waals surface area contributed by atoms with Crippen LogP contribution in [0.3, 0.4) is 0 Å². The second-order valence-corrected chi connectivity index (χ2v) is 5.96. The molecule has 0 unspecified atom stereocenters. The Kier molecular flexibility index (Phi) is 8.09. The molecule has 0 aliphatic rings. The lowest BCUT2D eigenvalue weighted by molar-refractivity contribution is 0.324. The molecule has 1 aromatic heterocycles. The van der Waals surface area contributed by atoms with Gasteiger partial charge in [0.25, 0.3) is 0 Å². The number of hydrogen-bond donors (Lipinski definition) is 0. The molecule has 0 fully saturated rings. The Hall–Kier alpha value is -0.770. The van der Waals surface area contributed by atoms with Crippen molar-refractivity contribution in [1.29, 1.82) is 0 Å². The average Bonchev–Trinajstić information content (AvgIpc) is 2.50. The number of benzene rings is 1. The molecule has 0 N–H and O–H groups in total. The van der Waals surface area contributed by atoms with Gasteiger partial charge in [-0.15, -0.1) is 24.2 Å². The van der Waals surface area contributed by atoms with Gasteiger partial charge in [-0.05, 0) is 37.2 Å². The second-order valence-electron chi connectivity index (χ2n) is 4.87. The molecule has 0 spiro atoms. The average molecular weight is 325 g/mol. The van der Waals surface area contributed by atoms with E-state index in [-0.39, 0.29) is 12.4 Å². The Balaban J connectivity index is 0.00000220. The fraction of sp³-hybridized carbons (Fsp3) is 0.471. The first-order valence-corrected chi connectivity index (χ1v) is 8.50. The van der Waals surface area contributed by atoms with E-state index in [1.807, 2.05) is 11.8 Å². The monoisotopic (exact) mass is 324 g/mol. The number of hydrogen-bond acceptors (Lipinski definition) is 3. The third-order valence-electron chi connectivity index (χ3n) is 3.68. The maximum Gasteiger partial charge on any atom is 0.0999 e. The van der Waals surface area contributed by atoms with E-state index < -0.39 is 0 Å². The van der Waals surface area contributed by atoms with Gasteiger partial charge in [0.15, 0.2) is 0 Å². The number of nitrogens with zero attached hydrogens (tertiary/aromatic N) is 2. The van der Waals surface area contributed by atoms with Crippen LogP contribution < -0.4 is 0 Å². The molecule has 0 amide bonds. The zero-order valence-corrected chi connectivity index (χ0v) is 14.8. The van der Waals surface area contributed by atoms with Crippen LogP contribution in [0.2, 0.25) is 0 Å². The lowest BCUT2D eigenvalue weighted by atomic mass is 10.1. The molecular formula is C17H25ClN2S. The topological polar surface area (TPSA) is 16.1 Å². The van der Waals surface area contributed by atoms with E-state index in [2.05, 4.69) is 56.0 Å². The van der Waals surface area contributed by atoms with E-state index in [4.69, 9.17) is 4.98 Å². The minimum atomic E-state index is 0. The maximum absolute atomic E-state index is 4.84. The Morgan fingerprint density at radius 1 is 1.10 bits per heavy atom. The number of aryl methyl sites for hydroxylation is 1. The van der Waals surface area contributed by atoms with Crippen LogP contribution in [-0.4, -0.2) is 35.3 Å². The van der Waals surface area contributed by atoms with Crippen LogP contribution in [0.1, 0.15) is 26.3 Å². The van der Waals surface area contributed by atoms with Gasteiger partial charge in [0.1, 0.15) is 0 Å². The van der Waals surface area contributed by atoms with Gasteiger partial charge < -0.3 is 4.90 Å². The van der Waals surface area contributed by atoms with Crippen molar-refractivity contribution in [3.8, 4) is 0 Å². The van der Waals surface area contributed by atoms with Gasteiger partial charge in [0, 0.05) is 17.7 Å². The summed E-state index contributed by atoms with van der Waals surface area (Å²) in [6.07, 6.45) is 1.05. The van der Waals surface area contributed by atoms with Gasteiger partial charge >= 0.3 is 0 Å². The Bertz CT molecular complexity index is 555. The molecule has 1 heterocycles. The highest BCUT2D eigenvalue weighted by Gasteiger charge is 2.07. The molecule has 0 aliphatic carbocycles. The van der Waals surface area contributed by atoms with E-state index in [0.29, 0.717) is 0 Å². The number of thioether (sulfide) groups is 1. The zero-order valence-electron chi connectivity index (χ0n) is 13.1. The van der Waals surface area contributed by atoms with Crippen molar-refractivity contribution in [3.63, 3.8) is 0 Å². The fourth-order valence-corrected chi connectivity index (χ4v) is 3.43. The molecule has 0 saturated carbocycles. The Labute approximate surface area is 138 Å². The Morgan fingerprint density at radius 3 is 2.48 bits per heavy atom. The number of aromatic nitrogens is 1. The minimum Gasteiger partial charge on any atom is -0.303 e. The van der Waals surface area contributed by atoms with Crippen LogP contribution in [0.4, 0.5) is 0 Å². The summed E-state index contributed by atoms with van der Waals surface area (Å²) in [7, 11) is 0. The quantitative estimate of drug-likeness (QED) is 0.689. The molecule has 4 heteroatoms. The Morgan fingerprint density at radius 2 is 1.81 bits per heavy atom. The molecule has 0 saturated heterocycles. The van der Waals surface area contributed by atoms with Crippen LogP contribution in [0.5, 0.6) is 0 Å². The molecule has 2 nitrogen and oxygen atoms in total. The largest absolute Gasteiger partial charge is 0.303 e. The van der Waals surface area contributed by atoms with Crippen molar-refractivity contribution in [3.05, 3.63) is 35.9 Å². The van der Waals surface area contributed by atoms with E-state index in [0.717, 1.165) is 37.3 Å². The molecule has 0 aliphatic heterocycles. The fourth-order valence-electron chi connectivity index (χ4n) is 2.33. The van der Waals surface area contributed by atoms with Gasteiger partial charge in [-0.1, -0.05) is 39.0 Å². The van der Waals surface area contributed by atoms with Crippen LogP contribution in [0.15, 0.2) is 35.4 Å². The van der Waals surface area contributed by atoms with Crippen molar-refractivity contribution in [1.82, 2.24) is 9.88 Å². The number of fused-ring (bicyclic) bond motifs is 1. The predicted octanol–water partition coefficient (Wildman–Crippen LogP) is 4.65. The third-order valence-corrected chi connectivity index (χ3v) is 4.70. The highest BCUT2D eigenvalue weighted by Crippen LogP contribution is 2.25. The third kappa shape index (κ3) is 4.87. The second kappa shape index (κ2) is 9.29. The summed E-state index contributed by atoms with van der Waals surface area (Å²) in [5, 5.41) is 2.45. The summed E-state index contributed by atoms with van der Waals surface area (Å²) in [6, 6.07) is 10.7. The molecule has 21 heavy (non-hydrogen) atoms. The van der Waals surface area contributed by atoms with Gasteiger partial charge in [0.2, 0.25) is 0 Å². The lowest BCUT2D eigenvalue weighted by Gasteiger charge is -2.17. The van der Waals surface area contributed by atoms with Crippen LogP contribution in [0, 0.1) is 0 Å². The number of rotatable bonds is 7. The van der Waals surface area contributed by atoms with E-state index in [9.17, 15) is 0 Å². The normalized spacial score (nSPS) is 10.9. The van der Waals surface area contributed by atoms with Crippen molar-refractivity contribution in [2.24, 2.45) is 0 Å². The van der Waals surface area contributed by atoms with E-state index in [1.165, 1.54) is 16.0 Å². The summed E-state index contributed by atoms with van der Waals surface area (Å²) in [4.78, 5) is 7.30. The number of halogens is 1. The van der Waals surface area contributed by atoms with Crippen LogP contribution in [-0.2, 0) is 6.42 Å². The standard InChI is InChI=1S/C17H24N2S.ClH/c1-4-14-13-15-9-7-8-10-16(15)18-17(14)20-12-11-19(5-2)6-3;/h7-10,13H,4-6,11-12H2,1-3H3;1H. The maximum atomic E-state index is 4.84. The molecule has 0 radical (unpaired) electrons. The molecule has 0 atom stereocenters. The highest BCUT2D eigenvalue weighted by atomic mass is 35.5. The first kappa shape index (κ1) is 18.3. The van der Waals surface area contributed by atoms with Gasteiger partial charge in [-0.25, -0.2) is 4.98 Å². The van der Waals surface area contributed by atoms with Crippen molar-refractivity contribution in [2.75, 3.05) is 25.4 Å². The number of pyridine rings is 1. The van der Waals surface area contributed by atoms with Crippen molar-refractivity contribution < 1.29 is 0 Å². The van der Waals surface area contributed by atoms with Gasteiger partial charge in [-0.2, -0.15) is 0 Å². The molecule has 2 aromatic rings. The van der Waals surface area contributed by atoms with Gasteiger partial charge in [0.05, 0.1) is 10.5 Å².